The van der Waals surface area contributed by atoms with Crippen molar-refractivity contribution in [3.8, 4) is 0 Å². The summed E-state index contributed by atoms with van der Waals surface area (Å²) in [5, 5.41) is 0. The number of aromatic nitrogens is 2. The Bertz CT molecular complexity index is 1040. The number of carbonyl (C=O) groups excluding carboxylic acids is 2. The maximum absolute atomic E-state index is 12.9. The maximum atomic E-state index is 12.9. The molecule has 31 heavy (non-hydrogen) atoms. The van der Waals surface area contributed by atoms with Crippen LogP contribution in [0.5, 0.6) is 0 Å². The zero-order valence-electron chi connectivity index (χ0n) is 18.5. The normalized spacial score (nSPS) is 18.8. The van der Waals surface area contributed by atoms with Gasteiger partial charge in [0.15, 0.2) is 0 Å². The topological polar surface area (TPSA) is 86.4 Å². The summed E-state index contributed by atoms with van der Waals surface area (Å²) in [4.78, 5) is 49.5. The van der Waals surface area contributed by atoms with Crippen LogP contribution in [0.3, 0.4) is 0 Å². The molecule has 0 aliphatic carbocycles. The molecule has 0 spiro atoms. The third-order valence-corrected chi connectivity index (χ3v) is 6.29. The number of benzene rings is 1. The Hall–Kier alpha value is -2.96. The van der Waals surface area contributed by atoms with E-state index in [1.807, 2.05) is 49.9 Å². The van der Waals surface area contributed by atoms with Gasteiger partial charge in [0.2, 0.25) is 5.91 Å². The van der Waals surface area contributed by atoms with Gasteiger partial charge in [0.1, 0.15) is 5.82 Å². The molecule has 1 saturated heterocycles. The van der Waals surface area contributed by atoms with Gasteiger partial charge in [-0.3, -0.25) is 14.4 Å². The molecule has 2 aliphatic rings. The minimum Gasteiger partial charge on any atom is -0.342 e. The van der Waals surface area contributed by atoms with Crippen LogP contribution in [0.25, 0.3) is 0 Å². The number of rotatable bonds is 3. The van der Waals surface area contributed by atoms with Crippen molar-refractivity contribution in [3.63, 3.8) is 0 Å². The Labute approximate surface area is 182 Å². The monoisotopic (exact) mass is 422 g/mol. The van der Waals surface area contributed by atoms with Crippen LogP contribution in [-0.4, -0.2) is 51.2 Å². The molecule has 164 valence electrons. The smallest absolute Gasteiger partial charge is 0.256 e. The average Bonchev–Trinajstić information content (AvgIpc) is 2.78. The lowest BCUT2D eigenvalue weighted by Gasteiger charge is -2.34. The summed E-state index contributed by atoms with van der Waals surface area (Å²) in [5.41, 5.74) is 2.91. The minimum absolute atomic E-state index is 0.0358. The van der Waals surface area contributed by atoms with E-state index in [1.54, 1.807) is 4.90 Å². The summed E-state index contributed by atoms with van der Waals surface area (Å²) in [6.07, 6.45) is 2.37. The fourth-order valence-electron chi connectivity index (χ4n) is 4.46. The maximum Gasteiger partial charge on any atom is 0.256 e. The van der Waals surface area contributed by atoms with E-state index >= 15 is 0 Å². The first-order valence-corrected chi connectivity index (χ1v) is 11.1. The minimum atomic E-state index is -0.172. The lowest BCUT2D eigenvalue weighted by Crippen LogP contribution is -2.43. The van der Waals surface area contributed by atoms with Crippen LogP contribution in [0.15, 0.2) is 29.1 Å². The summed E-state index contributed by atoms with van der Waals surface area (Å²) < 4.78 is 0. The number of amides is 2. The number of piperidine rings is 1. The van der Waals surface area contributed by atoms with Crippen molar-refractivity contribution in [3.05, 3.63) is 62.8 Å². The van der Waals surface area contributed by atoms with E-state index in [-0.39, 0.29) is 35.8 Å². The van der Waals surface area contributed by atoms with Crippen molar-refractivity contribution in [1.29, 1.82) is 0 Å². The lowest BCUT2D eigenvalue weighted by atomic mass is 9.95. The van der Waals surface area contributed by atoms with E-state index in [2.05, 4.69) is 4.98 Å². The quantitative estimate of drug-likeness (QED) is 0.824. The third-order valence-electron chi connectivity index (χ3n) is 6.29. The number of H-pyrrole nitrogens is 1. The molecular weight excluding hydrogens is 392 g/mol. The molecule has 1 aromatic carbocycles. The van der Waals surface area contributed by atoms with Crippen LogP contribution in [0.1, 0.15) is 65.6 Å². The van der Waals surface area contributed by atoms with E-state index in [1.165, 1.54) is 0 Å². The predicted molar refractivity (Wildman–Crippen MR) is 118 cm³/mol. The van der Waals surface area contributed by atoms with Crippen LogP contribution in [0.4, 0.5) is 0 Å². The van der Waals surface area contributed by atoms with Gasteiger partial charge in [-0.2, -0.15) is 0 Å². The van der Waals surface area contributed by atoms with Crippen molar-refractivity contribution in [2.24, 2.45) is 5.92 Å². The number of aryl methyl sites for hydroxylation is 1. The van der Waals surface area contributed by atoms with E-state index in [4.69, 9.17) is 4.98 Å². The summed E-state index contributed by atoms with van der Waals surface area (Å²) in [7, 11) is 0. The summed E-state index contributed by atoms with van der Waals surface area (Å²) in [6.45, 7) is 7.97. The lowest BCUT2D eigenvalue weighted by molar-refractivity contribution is -0.135. The number of likely N-dealkylation sites (tertiary alicyclic amines) is 1. The fraction of sp³-hybridized carbons (Fsp3) is 0.500. The van der Waals surface area contributed by atoms with Gasteiger partial charge < -0.3 is 14.8 Å². The Kier molecular flexibility index (Phi) is 5.94. The van der Waals surface area contributed by atoms with Crippen molar-refractivity contribution < 1.29 is 9.59 Å². The molecule has 2 amide bonds. The number of carbonyl (C=O) groups is 2. The molecule has 4 rings (SSSR count). The Morgan fingerprint density at radius 1 is 1.13 bits per heavy atom. The molecule has 7 nitrogen and oxygen atoms in total. The van der Waals surface area contributed by atoms with Gasteiger partial charge >= 0.3 is 0 Å². The van der Waals surface area contributed by atoms with Crippen molar-refractivity contribution >= 4 is 11.8 Å². The first-order chi connectivity index (χ1) is 14.8. The molecule has 3 heterocycles. The SMILES string of the molecule is Cc1ccc(C(=O)N2CCc3nc([C@H]4CCCN(C(=O)C(C)C)C4)[nH]c(=O)c3C2)cc1. The number of hydrogen-bond acceptors (Lipinski definition) is 4. The van der Waals surface area contributed by atoms with Gasteiger partial charge in [-0.05, 0) is 31.9 Å². The van der Waals surface area contributed by atoms with Gasteiger partial charge in [-0.25, -0.2) is 4.98 Å². The first kappa shape index (κ1) is 21.3. The van der Waals surface area contributed by atoms with Crippen LogP contribution < -0.4 is 5.56 Å². The number of aromatic amines is 1. The number of hydrogen-bond donors (Lipinski definition) is 1. The van der Waals surface area contributed by atoms with E-state index < -0.39 is 0 Å². The van der Waals surface area contributed by atoms with Crippen molar-refractivity contribution in [1.82, 2.24) is 19.8 Å². The molecule has 1 aromatic heterocycles. The van der Waals surface area contributed by atoms with E-state index in [0.29, 0.717) is 36.5 Å². The number of nitrogens with zero attached hydrogens (tertiary/aromatic N) is 3. The predicted octanol–water partition coefficient (Wildman–Crippen LogP) is 2.64. The molecule has 0 bridgehead atoms. The molecule has 2 aromatic rings. The van der Waals surface area contributed by atoms with Crippen LogP contribution >= 0.6 is 0 Å². The largest absolute Gasteiger partial charge is 0.342 e. The van der Waals surface area contributed by atoms with Crippen LogP contribution in [0, 0.1) is 12.8 Å². The van der Waals surface area contributed by atoms with E-state index in [0.717, 1.165) is 30.6 Å². The molecule has 7 heteroatoms. The molecule has 1 atom stereocenters. The second-order valence-electron chi connectivity index (χ2n) is 9.00. The summed E-state index contributed by atoms with van der Waals surface area (Å²) in [6, 6.07) is 7.49. The van der Waals surface area contributed by atoms with Gasteiger partial charge in [0.05, 0.1) is 17.8 Å². The Morgan fingerprint density at radius 3 is 2.58 bits per heavy atom. The number of fused-ring (bicyclic) bond motifs is 1. The summed E-state index contributed by atoms with van der Waals surface area (Å²) in [5.74, 6) is 0.760. The fourth-order valence-corrected chi connectivity index (χ4v) is 4.46. The Morgan fingerprint density at radius 2 is 1.87 bits per heavy atom. The van der Waals surface area contributed by atoms with Crippen LogP contribution in [0.2, 0.25) is 0 Å². The molecule has 0 unspecified atom stereocenters. The average molecular weight is 423 g/mol. The van der Waals surface area contributed by atoms with Gasteiger partial charge in [-0.15, -0.1) is 0 Å². The number of nitrogens with one attached hydrogen (secondary N) is 1. The highest BCUT2D eigenvalue weighted by Gasteiger charge is 2.30. The van der Waals surface area contributed by atoms with Gasteiger partial charge in [-0.1, -0.05) is 31.5 Å². The molecule has 1 N–H and O–H groups in total. The highest BCUT2D eigenvalue weighted by atomic mass is 16.2. The molecule has 2 aliphatic heterocycles. The zero-order chi connectivity index (χ0) is 22.1. The highest BCUT2D eigenvalue weighted by Crippen LogP contribution is 2.26. The zero-order valence-corrected chi connectivity index (χ0v) is 18.5. The molecule has 1 fully saturated rings. The highest BCUT2D eigenvalue weighted by molar-refractivity contribution is 5.94. The third kappa shape index (κ3) is 4.40. The van der Waals surface area contributed by atoms with E-state index in [9.17, 15) is 14.4 Å². The Balaban J connectivity index is 1.52. The standard InChI is InChI=1S/C24H30N4O3/c1-15(2)23(30)27-11-4-5-18(13-27)21-25-20-10-12-28(14-19(20)22(29)26-21)24(31)17-8-6-16(3)7-9-17/h6-9,15,18H,4-5,10-14H2,1-3H3,(H,25,26,29)/t18-/m0/s1. The molecule has 0 radical (unpaired) electrons. The van der Waals surface area contributed by atoms with Gasteiger partial charge in [0, 0.05) is 43.5 Å². The second kappa shape index (κ2) is 8.65. The second-order valence-corrected chi connectivity index (χ2v) is 9.00. The summed E-state index contributed by atoms with van der Waals surface area (Å²) >= 11 is 0. The van der Waals surface area contributed by atoms with Crippen LogP contribution in [-0.2, 0) is 17.8 Å². The van der Waals surface area contributed by atoms with Crippen molar-refractivity contribution in [2.45, 2.75) is 52.5 Å². The first-order valence-electron chi connectivity index (χ1n) is 11.1. The van der Waals surface area contributed by atoms with Crippen molar-refractivity contribution in [2.75, 3.05) is 19.6 Å². The molecule has 0 saturated carbocycles. The van der Waals surface area contributed by atoms with Gasteiger partial charge in [0.25, 0.3) is 11.5 Å². The molecular formula is C24H30N4O3.